The van der Waals surface area contributed by atoms with E-state index < -0.39 is 10.0 Å². The minimum absolute atomic E-state index is 0.302. The molecule has 2 N–H and O–H groups in total. The van der Waals surface area contributed by atoms with Gasteiger partial charge in [0.25, 0.3) is 0 Å². The summed E-state index contributed by atoms with van der Waals surface area (Å²) in [5.74, 6) is 0.302. The second kappa shape index (κ2) is 6.83. The highest BCUT2D eigenvalue weighted by Gasteiger charge is 2.19. The Morgan fingerprint density at radius 3 is 2.42 bits per heavy atom. The van der Waals surface area contributed by atoms with Crippen molar-refractivity contribution in [1.29, 1.82) is 0 Å². The topological polar surface area (TPSA) is 58.2 Å². The van der Waals surface area contributed by atoms with Crippen LogP contribution in [0.1, 0.15) is 37.4 Å². The fraction of sp³-hybridized carbons (Fsp3) is 0.692. The first-order valence-corrected chi connectivity index (χ1v) is 8.84. The van der Waals surface area contributed by atoms with Gasteiger partial charge in [-0.25, -0.2) is 13.1 Å². The Morgan fingerprint density at radius 2 is 1.89 bits per heavy atom. The van der Waals surface area contributed by atoms with Crippen LogP contribution in [0.15, 0.2) is 11.0 Å². The van der Waals surface area contributed by atoms with Crippen LogP contribution in [0.2, 0.25) is 0 Å². The normalized spacial score (nSPS) is 12.6. The van der Waals surface area contributed by atoms with Crippen LogP contribution in [-0.2, 0) is 16.6 Å². The molecule has 1 heterocycles. The Morgan fingerprint density at radius 1 is 1.26 bits per heavy atom. The molecule has 0 unspecified atom stereocenters. The van der Waals surface area contributed by atoms with Gasteiger partial charge in [-0.15, -0.1) is 11.3 Å². The van der Waals surface area contributed by atoms with Gasteiger partial charge in [-0.3, -0.25) is 0 Å². The van der Waals surface area contributed by atoms with Crippen LogP contribution in [0.4, 0.5) is 0 Å². The van der Waals surface area contributed by atoms with Crippen molar-refractivity contribution in [2.24, 2.45) is 5.92 Å². The second-order valence-corrected chi connectivity index (χ2v) is 8.49. The first kappa shape index (κ1) is 16.6. The van der Waals surface area contributed by atoms with Gasteiger partial charge in [0, 0.05) is 28.9 Å². The molecule has 0 aliphatic carbocycles. The maximum absolute atomic E-state index is 12.2. The number of sulfonamides is 1. The summed E-state index contributed by atoms with van der Waals surface area (Å²) in [6, 6.07) is 2.17. The summed E-state index contributed by atoms with van der Waals surface area (Å²) in [4.78, 5) is 2.31. The molecule has 0 radical (unpaired) electrons. The molecule has 1 rings (SSSR count). The van der Waals surface area contributed by atoms with Crippen molar-refractivity contribution < 1.29 is 8.42 Å². The summed E-state index contributed by atoms with van der Waals surface area (Å²) in [6.07, 6.45) is 0. The van der Waals surface area contributed by atoms with E-state index in [4.69, 9.17) is 0 Å². The lowest BCUT2D eigenvalue weighted by Crippen LogP contribution is -2.27. The Hall–Kier alpha value is -0.430. The lowest BCUT2D eigenvalue weighted by molar-refractivity contribution is 0.560. The Balaban J connectivity index is 2.83. The first-order chi connectivity index (χ1) is 8.72. The molecule has 0 aliphatic heterocycles. The van der Waals surface area contributed by atoms with Gasteiger partial charge in [-0.1, -0.05) is 27.7 Å². The summed E-state index contributed by atoms with van der Waals surface area (Å²) in [7, 11) is -3.37. The van der Waals surface area contributed by atoms with E-state index in [1.54, 1.807) is 6.07 Å². The van der Waals surface area contributed by atoms with Crippen molar-refractivity contribution in [1.82, 2.24) is 10.0 Å². The third-order valence-electron chi connectivity index (χ3n) is 2.58. The standard InChI is InChI=1S/C13H24N2O2S2/c1-9(2)7-15-19(16,17)13-6-12(18-11(13)5)8-14-10(3)4/h6,9-10,14-15H,7-8H2,1-5H3. The maximum atomic E-state index is 12.2. The molecule has 1 aromatic heterocycles. The average molecular weight is 304 g/mol. The van der Waals surface area contributed by atoms with Gasteiger partial charge in [0.05, 0.1) is 4.90 Å². The van der Waals surface area contributed by atoms with Crippen LogP contribution >= 0.6 is 11.3 Å². The smallest absolute Gasteiger partial charge is 0.241 e. The Bertz CT molecular complexity index is 505. The molecule has 110 valence electrons. The van der Waals surface area contributed by atoms with Gasteiger partial charge in [-0.2, -0.15) is 0 Å². The van der Waals surface area contributed by atoms with Crippen LogP contribution in [0.3, 0.4) is 0 Å². The van der Waals surface area contributed by atoms with E-state index in [0.29, 0.717) is 29.9 Å². The zero-order valence-electron chi connectivity index (χ0n) is 12.3. The van der Waals surface area contributed by atoms with E-state index in [9.17, 15) is 8.42 Å². The average Bonchev–Trinajstić information content (AvgIpc) is 2.66. The van der Waals surface area contributed by atoms with Crippen molar-refractivity contribution in [2.75, 3.05) is 6.54 Å². The van der Waals surface area contributed by atoms with Gasteiger partial charge in [0.2, 0.25) is 10.0 Å². The number of aryl methyl sites for hydroxylation is 1. The third-order valence-corrected chi connectivity index (χ3v) is 5.31. The fourth-order valence-electron chi connectivity index (χ4n) is 1.54. The van der Waals surface area contributed by atoms with E-state index in [1.165, 1.54) is 11.3 Å². The van der Waals surface area contributed by atoms with E-state index in [0.717, 1.165) is 9.75 Å². The summed E-state index contributed by atoms with van der Waals surface area (Å²) in [5, 5.41) is 3.30. The molecule has 6 heteroatoms. The molecule has 0 fully saturated rings. The monoisotopic (exact) mass is 304 g/mol. The zero-order valence-corrected chi connectivity index (χ0v) is 13.9. The van der Waals surface area contributed by atoms with Gasteiger partial charge in [0.1, 0.15) is 0 Å². The number of rotatable bonds is 7. The summed E-state index contributed by atoms with van der Waals surface area (Å²) in [6.45, 7) is 11.2. The molecule has 4 nitrogen and oxygen atoms in total. The van der Waals surface area contributed by atoms with Crippen LogP contribution in [0.25, 0.3) is 0 Å². The number of hydrogen-bond donors (Lipinski definition) is 2. The SMILES string of the molecule is Cc1sc(CNC(C)C)cc1S(=O)(=O)NCC(C)C. The van der Waals surface area contributed by atoms with Crippen LogP contribution < -0.4 is 10.0 Å². The van der Waals surface area contributed by atoms with Crippen molar-refractivity contribution in [3.8, 4) is 0 Å². The van der Waals surface area contributed by atoms with Crippen molar-refractivity contribution in [2.45, 2.75) is 52.1 Å². The summed E-state index contributed by atoms with van der Waals surface area (Å²) >= 11 is 1.54. The highest BCUT2D eigenvalue weighted by atomic mass is 32.2. The van der Waals surface area contributed by atoms with E-state index >= 15 is 0 Å². The quantitative estimate of drug-likeness (QED) is 0.813. The van der Waals surface area contributed by atoms with Crippen LogP contribution in [0, 0.1) is 12.8 Å². The molecule has 0 saturated heterocycles. The van der Waals surface area contributed by atoms with Crippen LogP contribution in [0.5, 0.6) is 0 Å². The fourth-order valence-corrected chi connectivity index (χ4v) is 4.33. The molecule has 0 atom stereocenters. The highest BCUT2D eigenvalue weighted by molar-refractivity contribution is 7.89. The lowest BCUT2D eigenvalue weighted by Gasteiger charge is -2.08. The molecule has 0 aromatic carbocycles. The molecule has 0 bridgehead atoms. The number of nitrogens with one attached hydrogen (secondary N) is 2. The Kier molecular flexibility index (Phi) is 5.98. The minimum Gasteiger partial charge on any atom is -0.310 e. The maximum Gasteiger partial charge on any atom is 0.241 e. The van der Waals surface area contributed by atoms with Crippen molar-refractivity contribution in [3.63, 3.8) is 0 Å². The number of hydrogen-bond acceptors (Lipinski definition) is 4. The van der Waals surface area contributed by atoms with Gasteiger partial charge >= 0.3 is 0 Å². The first-order valence-electron chi connectivity index (χ1n) is 6.54. The molecule has 1 aromatic rings. The molecule has 19 heavy (non-hydrogen) atoms. The van der Waals surface area contributed by atoms with Gasteiger partial charge in [-0.05, 0) is 18.9 Å². The molecule has 0 saturated carbocycles. The van der Waals surface area contributed by atoms with E-state index in [2.05, 4.69) is 23.9 Å². The predicted molar refractivity (Wildman–Crippen MR) is 81.1 cm³/mol. The summed E-state index contributed by atoms with van der Waals surface area (Å²) < 4.78 is 27.0. The molecule has 0 spiro atoms. The molecule has 0 amide bonds. The molecular formula is C13H24N2O2S2. The van der Waals surface area contributed by atoms with Crippen molar-refractivity contribution >= 4 is 21.4 Å². The minimum atomic E-state index is -3.37. The van der Waals surface area contributed by atoms with E-state index in [-0.39, 0.29) is 0 Å². The van der Waals surface area contributed by atoms with Gasteiger partial charge < -0.3 is 5.32 Å². The van der Waals surface area contributed by atoms with Crippen LogP contribution in [-0.4, -0.2) is 21.0 Å². The number of thiophene rings is 1. The summed E-state index contributed by atoms with van der Waals surface area (Å²) in [5.41, 5.74) is 0. The molecular weight excluding hydrogens is 280 g/mol. The zero-order chi connectivity index (χ0) is 14.6. The van der Waals surface area contributed by atoms with Gasteiger partial charge in [0.15, 0.2) is 0 Å². The largest absolute Gasteiger partial charge is 0.310 e. The third kappa shape index (κ3) is 5.22. The lowest BCUT2D eigenvalue weighted by atomic mass is 10.2. The van der Waals surface area contributed by atoms with E-state index in [1.807, 2.05) is 20.8 Å². The second-order valence-electron chi connectivity index (χ2n) is 5.41. The highest BCUT2D eigenvalue weighted by Crippen LogP contribution is 2.25. The van der Waals surface area contributed by atoms with Crippen molar-refractivity contribution in [3.05, 3.63) is 15.8 Å². The Labute approximate surface area is 120 Å². The predicted octanol–water partition coefficient (Wildman–Crippen LogP) is 2.49. The molecule has 0 aliphatic rings.